The van der Waals surface area contributed by atoms with Crippen LogP contribution < -0.4 is 10.5 Å². The first-order chi connectivity index (χ1) is 9.04. The summed E-state index contributed by atoms with van der Waals surface area (Å²) < 4.78 is 5.84. The lowest BCUT2D eigenvalue weighted by atomic mass is 10.1. The highest BCUT2D eigenvalue weighted by Crippen LogP contribution is 2.19. The molecule has 0 aliphatic carbocycles. The molecule has 0 aromatic heterocycles. The molecule has 19 heavy (non-hydrogen) atoms. The van der Waals surface area contributed by atoms with E-state index in [2.05, 4.69) is 32.0 Å². The summed E-state index contributed by atoms with van der Waals surface area (Å²) in [6, 6.07) is 14.5. The molecule has 0 fully saturated rings. The average Bonchev–Trinajstić information content (AvgIpc) is 2.35. The molecular formula is C17H21NO. The highest BCUT2D eigenvalue weighted by Gasteiger charge is 2.02. The molecule has 0 saturated heterocycles. The maximum absolute atomic E-state index is 5.87. The maximum atomic E-state index is 5.87. The molecule has 0 bridgehead atoms. The summed E-state index contributed by atoms with van der Waals surface area (Å²) in [7, 11) is 0. The zero-order valence-electron chi connectivity index (χ0n) is 11.8. The fourth-order valence-corrected chi connectivity index (χ4v) is 2.21. The highest BCUT2D eigenvalue weighted by atomic mass is 16.5. The second-order valence-electron chi connectivity index (χ2n) is 5.15. The minimum atomic E-state index is 0.0322. The van der Waals surface area contributed by atoms with Crippen molar-refractivity contribution in [1.29, 1.82) is 0 Å². The zero-order valence-corrected chi connectivity index (χ0v) is 11.8. The van der Waals surface area contributed by atoms with Crippen molar-refractivity contribution in [3.8, 4) is 5.75 Å². The van der Waals surface area contributed by atoms with Crippen molar-refractivity contribution in [3.05, 3.63) is 64.7 Å². The van der Waals surface area contributed by atoms with Gasteiger partial charge in [-0.15, -0.1) is 0 Å². The van der Waals surface area contributed by atoms with Gasteiger partial charge < -0.3 is 10.5 Å². The van der Waals surface area contributed by atoms with Crippen molar-refractivity contribution >= 4 is 0 Å². The molecule has 1 unspecified atom stereocenters. The van der Waals surface area contributed by atoms with Crippen molar-refractivity contribution in [3.63, 3.8) is 0 Å². The quantitative estimate of drug-likeness (QED) is 0.899. The molecule has 0 spiro atoms. The molecule has 0 aliphatic rings. The van der Waals surface area contributed by atoms with Crippen molar-refractivity contribution < 1.29 is 4.74 Å². The van der Waals surface area contributed by atoms with Gasteiger partial charge >= 0.3 is 0 Å². The van der Waals surface area contributed by atoms with Crippen molar-refractivity contribution in [2.24, 2.45) is 5.73 Å². The molecule has 2 nitrogen and oxygen atoms in total. The molecule has 0 heterocycles. The van der Waals surface area contributed by atoms with Crippen LogP contribution in [0.15, 0.2) is 42.5 Å². The second kappa shape index (κ2) is 5.89. The van der Waals surface area contributed by atoms with Crippen LogP contribution in [0, 0.1) is 13.8 Å². The number of hydrogen-bond donors (Lipinski definition) is 1. The Balaban J connectivity index is 2.07. The Hall–Kier alpha value is -1.80. The summed E-state index contributed by atoms with van der Waals surface area (Å²) >= 11 is 0. The lowest BCUT2D eigenvalue weighted by molar-refractivity contribution is 0.305. The minimum absolute atomic E-state index is 0.0322. The Morgan fingerprint density at radius 3 is 2.37 bits per heavy atom. The molecule has 1 atom stereocenters. The van der Waals surface area contributed by atoms with E-state index in [0.717, 1.165) is 11.3 Å². The number of rotatable bonds is 4. The van der Waals surface area contributed by atoms with Gasteiger partial charge in [0, 0.05) is 6.04 Å². The molecule has 2 N–H and O–H groups in total. The number of hydrogen-bond acceptors (Lipinski definition) is 2. The molecule has 2 heteroatoms. The smallest absolute Gasteiger partial charge is 0.120 e. The predicted octanol–water partition coefficient (Wildman–Crippen LogP) is 3.90. The van der Waals surface area contributed by atoms with E-state index in [4.69, 9.17) is 10.5 Å². The monoisotopic (exact) mass is 255 g/mol. The van der Waals surface area contributed by atoms with Crippen LogP contribution in [0.4, 0.5) is 0 Å². The summed E-state index contributed by atoms with van der Waals surface area (Å²) in [5.41, 5.74) is 10.7. The Morgan fingerprint density at radius 1 is 1.05 bits per heavy atom. The first-order valence-electron chi connectivity index (χ1n) is 6.60. The van der Waals surface area contributed by atoms with E-state index in [1.54, 1.807) is 0 Å². The Labute approximate surface area is 115 Å². The topological polar surface area (TPSA) is 35.2 Å². The van der Waals surface area contributed by atoms with Crippen molar-refractivity contribution in [1.82, 2.24) is 0 Å². The molecule has 0 aliphatic heterocycles. The molecule has 2 rings (SSSR count). The van der Waals surface area contributed by atoms with Gasteiger partial charge in [0.2, 0.25) is 0 Å². The molecule has 0 saturated carbocycles. The number of ether oxygens (including phenoxy) is 1. The van der Waals surface area contributed by atoms with E-state index in [9.17, 15) is 0 Å². The third-order valence-corrected chi connectivity index (χ3v) is 3.07. The molecule has 2 aromatic rings. The van der Waals surface area contributed by atoms with Crippen molar-refractivity contribution in [2.45, 2.75) is 33.4 Å². The van der Waals surface area contributed by atoms with E-state index in [1.165, 1.54) is 16.7 Å². The maximum Gasteiger partial charge on any atom is 0.120 e. The van der Waals surface area contributed by atoms with Gasteiger partial charge in [0.15, 0.2) is 0 Å². The lowest BCUT2D eigenvalue weighted by Crippen LogP contribution is -2.05. The van der Waals surface area contributed by atoms with Crippen LogP contribution in [0.2, 0.25) is 0 Å². The standard InChI is InChI=1S/C17H21NO/c1-12-7-13(2)9-15(8-12)11-19-17-6-4-5-16(10-17)14(3)18/h4-10,14H,11,18H2,1-3H3. The van der Waals surface area contributed by atoms with Crippen LogP contribution in [0.25, 0.3) is 0 Å². The van der Waals surface area contributed by atoms with E-state index >= 15 is 0 Å². The second-order valence-corrected chi connectivity index (χ2v) is 5.15. The van der Waals surface area contributed by atoms with Gasteiger partial charge in [-0.3, -0.25) is 0 Å². The van der Waals surface area contributed by atoms with Gasteiger partial charge in [0.1, 0.15) is 12.4 Å². The summed E-state index contributed by atoms with van der Waals surface area (Å²) in [4.78, 5) is 0. The molecule has 0 radical (unpaired) electrons. The van der Waals surface area contributed by atoms with E-state index in [1.807, 2.05) is 31.2 Å². The number of nitrogens with two attached hydrogens (primary N) is 1. The van der Waals surface area contributed by atoms with E-state index in [-0.39, 0.29) is 6.04 Å². The lowest BCUT2D eigenvalue weighted by Gasteiger charge is -2.11. The van der Waals surface area contributed by atoms with Gasteiger partial charge in [-0.05, 0) is 44.0 Å². The third kappa shape index (κ3) is 3.83. The van der Waals surface area contributed by atoms with Crippen LogP contribution >= 0.6 is 0 Å². The Morgan fingerprint density at radius 2 is 1.74 bits per heavy atom. The largest absolute Gasteiger partial charge is 0.489 e. The normalized spacial score (nSPS) is 12.2. The van der Waals surface area contributed by atoms with E-state index in [0.29, 0.717) is 6.61 Å². The summed E-state index contributed by atoms with van der Waals surface area (Å²) in [6.07, 6.45) is 0. The SMILES string of the molecule is Cc1cc(C)cc(COc2cccc(C(C)N)c2)c1. The highest BCUT2D eigenvalue weighted by molar-refractivity contribution is 5.32. The van der Waals surface area contributed by atoms with Crippen molar-refractivity contribution in [2.75, 3.05) is 0 Å². The molecule has 100 valence electrons. The summed E-state index contributed by atoms with van der Waals surface area (Å²) in [5, 5.41) is 0. The van der Waals surface area contributed by atoms with Crippen LogP contribution in [0.3, 0.4) is 0 Å². The first-order valence-corrected chi connectivity index (χ1v) is 6.60. The summed E-state index contributed by atoms with van der Waals surface area (Å²) in [6.45, 7) is 6.77. The Bertz CT molecular complexity index is 541. The minimum Gasteiger partial charge on any atom is -0.489 e. The van der Waals surface area contributed by atoms with Crippen LogP contribution in [-0.4, -0.2) is 0 Å². The molecular weight excluding hydrogens is 234 g/mol. The number of benzene rings is 2. The predicted molar refractivity (Wildman–Crippen MR) is 79.3 cm³/mol. The number of aryl methyl sites for hydroxylation is 2. The summed E-state index contributed by atoms with van der Waals surface area (Å²) in [5.74, 6) is 0.869. The van der Waals surface area contributed by atoms with Gasteiger partial charge in [-0.2, -0.15) is 0 Å². The van der Waals surface area contributed by atoms with Gasteiger partial charge in [-0.25, -0.2) is 0 Å². The zero-order chi connectivity index (χ0) is 13.8. The average molecular weight is 255 g/mol. The fourth-order valence-electron chi connectivity index (χ4n) is 2.21. The van der Waals surface area contributed by atoms with Gasteiger partial charge in [-0.1, -0.05) is 41.5 Å². The van der Waals surface area contributed by atoms with Crippen LogP contribution in [-0.2, 0) is 6.61 Å². The molecule has 0 amide bonds. The Kier molecular flexibility index (Phi) is 4.23. The molecule has 2 aromatic carbocycles. The van der Waals surface area contributed by atoms with Crippen LogP contribution in [0.5, 0.6) is 5.75 Å². The van der Waals surface area contributed by atoms with Gasteiger partial charge in [0.25, 0.3) is 0 Å². The fraction of sp³-hybridized carbons (Fsp3) is 0.294. The van der Waals surface area contributed by atoms with Gasteiger partial charge in [0.05, 0.1) is 0 Å². The first kappa shape index (κ1) is 13.6. The van der Waals surface area contributed by atoms with Crippen LogP contribution in [0.1, 0.15) is 35.2 Å². The van der Waals surface area contributed by atoms with E-state index < -0.39 is 0 Å². The third-order valence-electron chi connectivity index (χ3n) is 3.07.